The van der Waals surface area contributed by atoms with Crippen molar-refractivity contribution in [1.82, 2.24) is 0 Å². The largest absolute Gasteiger partial charge is 0.484 e. The number of sulfonamides is 1. The zero-order valence-corrected chi connectivity index (χ0v) is 14.0. The van der Waals surface area contributed by atoms with E-state index in [-0.39, 0.29) is 6.61 Å². The molecule has 0 fully saturated rings. The monoisotopic (exact) mass is 352 g/mol. The summed E-state index contributed by atoms with van der Waals surface area (Å²) in [6.07, 6.45) is 1.11. The summed E-state index contributed by atoms with van der Waals surface area (Å²) in [5.74, 6) is -0.465. The fraction of sp³-hybridized carbons (Fsp3) is 0.188. The number of halogens is 1. The molecule has 0 aromatic heterocycles. The molecule has 2 aromatic rings. The van der Waals surface area contributed by atoms with Crippen molar-refractivity contribution >= 4 is 27.3 Å². The number of carbonyl (C=O) groups is 1. The maximum atomic E-state index is 13.0. The normalized spacial score (nSPS) is 11.0. The van der Waals surface area contributed by atoms with Crippen molar-refractivity contribution in [3.05, 3.63) is 54.3 Å². The lowest BCUT2D eigenvalue weighted by molar-refractivity contribution is -0.118. The average Bonchev–Trinajstić information content (AvgIpc) is 2.52. The van der Waals surface area contributed by atoms with Gasteiger partial charge < -0.3 is 10.1 Å². The lowest BCUT2D eigenvalue weighted by Crippen LogP contribution is -2.24. The van der Waals surface area contributed by atoms with E-state index in [0.717, 1.165) is 10.6 Å². The molecular weight excluding hydrogens is 335 g/mol. The van der Waals surface area contributed by atoms with Crippen molar-refractivity contribution in [2.24, 2.45) is 0 Å². The highest BCUT2D eigenvalue weighted by Gasteiger charge is 2.11. The highest BCUT2D eigenvalue weighted by Crippen LogP contribution is 2.20. The number of amides is 1. The average molecular weight is 352 g/mol. The van der Waals surface area contributed by atoms with Gasteiger partial charge in [-0.3, -0.25) is 9.10 Å². The fourth-order valence-electron chi connectivity index (χ4n) is 1.86. The molecule has 0 aliphatic carbocycles. The van der Waals surface area contributed by atoms with Crippen LogP contribution in [0.1, 0.15) is 0 Å². The van der Waals surface area contributed by atoms with Crippen LogP contribution in [0.3, 0.4) is 0 Å². The molecule has 0 bridgehead atoms. The van der Waals surface area contributed by atoms with Crippen LogP contribution in [0.2, 0.25) is 0 Å². The van der Waals surface area contributed by atoms with Crippen LogP contribution in [-0.4, -0.2) is 34.2 Å². The Morgan fingerprint density at radius 1 is 1.21 bits per heavy atom. The SMILES string of the molecule is CN(c1ccc(OCC(=O)Nc2cccc(F)c2)cc1)S(C)(=O)=O. The smallest absolute Gasteiger partial charge is 0.262 e. The van der Waals surface area contributed by atoms with E-state index in [2.05, 4.69) is 5.32 Å². The van der Waals surface area contributed by atoms with Crippen molar-refractivity contribution in [3.63, 3.8) is 0 Å². The van der Waals surface area contributed by atoms with E-state index in [1.54, 1.807) is 30.3 Å². The molecule has 0 saturated heterocycles. The number of ether oxygens (including phenoxy) is 1. The molecule has 0 atom stereocenters. The van der Waals surface area contributed by atoms with Gasteiger partial charge in [0.2, 0.25) is 10.0 Å². The van der Waals surface area contributed by atoms with Crippen LogP contribution >= 0.6 is 0 Å². The number of nitrogens with zero attached hydrogens (tertiary/aromatic N) is 1. The zero-order valence-electron chi connectivity index (χ0n) is 13.2. The molecule has 1 amide bonds. The minimum Gasteiger partial charge on any atom is -0.484 e. The molecule has 128 valence electrons. The molecule has 0 unspecified atom stereocenters. The predicted octanol–water partition coefficient (Wildman–Crippen LogP) is 2.24. The maximum absolute atomic E-state index is 13.0. The van der Waals surface area contributed by atoms with Gasteiger partial charge in [0.05, 0.1) is 11.9 Å². The zero-order chi connectivity index (χ0) is 17.7. The van der Waals surface area contributed by atoms with Gasteiger partial charge in [-0.2, -0.15) is 0 Å². The second-order valence-electron chi connectivity index (χ2n) is 5.07. The highest BCUT2D eigenvalue weighted by molar-refractivity contribution is 7.92. The lowest BCUT2D eigenvalue weighted by Gasteiger charge is -2.16. The minimum atomic E-state index is -3.33. The van der Waals surface area contributed by atoms with Crippen LogP contribution < -0.4 is 14.4 Å². The molecule has 0 radical (unpaired) electrons. The Morgan fingerprint density at radius 2 is 1.88 bits per heavy atom. The molecule has 2 aromatic carbocycles. The van der Waals surface area contributed by atoms with Crippen LogP contribution in [0.4, 0.5) is 15.8 Å². The van der Waals surface area contributed by atoms with Gasteiger partial charge in [0.1, 0.15) is 11.6 Å². The second kappa shape index (κ2) is 7.31. The Labute approximate surface area is 139 Å². The van der Waals surface area contributed by atoms with Gasteiger partial charge in [0.15, 0.2) is 6.61 Å². The van der Waals surface area contributed by atoms with Gasteiger partial charge in [-0.15, -0.1) is 0 Å². The molecular formula is C16H17FN2O4S. The van der Waals surface area contributed by atoms with Crippen molar-refractivity contribution in [2.75, 3.05) is 29.5 Å². The van der Waals surface area contributed by atoms with Crippen LogP contribution in [0.5, 0.6) is 5.75 Å². The number of anilines is 2. The molecule has 0 saturated carbocycles. The molecule has 6 nitrogen and oxygen atoms in total. The van der Waals surface area contributed by atoms with Gasteiger partial charge in [-0.25, -0.2) is 12.8 Å². The van der Waals surface area contributed by atoms with Crippen LogP contribution in [0, 0.1) is 5.82 Å². The first-order valence-electron chi connectivity index (χ1n) is 6.98. The first-order chi connectivity index (χ1) is 11.3. The Balaban J connectivity index is 1.91. The molecule has 2 rings (SSSR count). The molecule has 8 heteroatoms. The number of hydrogen-bond acceptors (Lipinski definition) is 4. The standard InChI is InChI=1S/C16H17FN2O4S/c1-19(24(2,21)22)14-6-8-15(9-7-14)23-11-16(20)18-13-5-3-4-12(17)10-13/h3-10H,11H2,1-2H3,(H,18,20). The van der Waals surface area contributed by atoms with Crippen molar-refractivity contribution in [1.29, 1.82) is 0 Å². The number of rotatable bonds is 6. The summed E-state index contributed by atoms with van der Waals surface area (Å²) in [4.78, 5) is 11.8. The predicted molar refractivity (Wildman–Crippen MR) is 90.2 cm³/mol. The molecule has 1 N–H and O–H groups in total. The van der Waals surface area contributed by atoms with E-state index in [0.29, 0.717) is 17.1 Å². The first-order valence-corrected chi connectivity index (χ1v) is 8.83. The van der Waals surface area contributed by atoms with Crippen LogP contribution in [0.25, 0.3) is 0 Å². The molecule has 24 heavy (non-hydrogen) atoms. The summed E-state index contributed by atoms with van der Waals surface area (Å²) in [6, 6.07) is 11.8. The molecule has 0 heterocycles. The van der Waals surface area contributed by atoms with E-state index in [1.165, 1.54) is 25.2 Å². The van der Waals surface area contributed by atoms with Crippen LogP contribution in [-0.2, 0) is 14.8 Å². The Bertz CT molecular complexity index is 822. The third-order valence-corrected chi connectivity index (χ3v) is 4.38. The van der Waals surface area contributed by atoms with Crippen LogP contribution in [0.15, 0.2) is 48.5 Å². The minimum absolute atomic E-state index is 0.252. The van der Waals surface area contributed by atoms with Gasteiger partial charge in [0.25, 0.3) is 5.91 Å². The summed E-state index contributed by atoms with van der Waals surface area (Å²) in [5, 5.41) is 2.51. The fourth-order valence-corrected chi connectivity index (χ4v) is 2.36. The summed E-state index contributed by atoms with van der Waals surface area (Å²) in [6.45, 7) is -0.252. The summed E-state index contributed by atoms with van der Waals surface area (Å²) in [5.41, 5.74) is 0.822. The number of hydrogen-bond donors (Lipinski definition) is 1. The van der Waals surface area contributed by atoms with Gasteiger partial charge in [-0.1, -0.05) is 6.07 Å². The molecule has 0 aliphatic rings. The lowest BCUT2D eigenvalue weighted by atomic mass is 10.3. The number of carbonyl (C=O) groups excluding carboxylic acids is 1. The van der Waals surface area contributed by atoms with Crippen molar-refractivity contribution < 1.29 is 22.3 Å². The summed E-state index contributed by atoms with van der Waals surface area (Å²) in [7, 11) is -1.89. The third-order valence-electron chi connectivity index (χ3n) is 3.18. The van der Waals surface area contributed by atoms with E-state index < -0.39 is 21.7 Å². The Kier molecular flexibility index (Phi) is 5.40. The van der Waals surface area contributed by atoms with E-state index >= 15 is 0 Å². The quantitative estimate of drug-likeness (QED) is 0.865. The van der Waals surface area contributed by atoms with Gasteiger partial charge in [0, 0.05) is 12.7 Å². The topological polar surface area (TPSA) is 75.7 Å². The Morgan fingerprint density at radius 3 is 2.46 bits per heavy atom. The van der Waals surface area contributed by atoms with E-state index in [1.807, 2.05) is 0 Å². The Hall–Kier alpha value is -2.61. The second-order valence-corrected chi connectivity index (χ2v) is 7.09. The number of benzene rings is 2. The van der Waals surface area contributed by atoms with Crippen molar-refractivity contribution in [2.45, 2.75) is 0 Å². The molecule has 0 spiro atoms. The summed E-state index contributed by atoms with van der Waals surface area (Å²) < 4.78 is 42.4. The van der Waals surface area contributed by atoms with Gasteiger partial charge >= 0.3 is 0 Å². The van der Waals surface area contributed by atoms with Gasteiger partial charge in [-0.05, 0) is 42.5 Å². The van der Waals surface area contributed by atoms with Crippen molar-refractivity contribution in [3.8, 4) is 5.75 Å². The summed E-state index contributed by atoms with van der Waals surface area (Å²) >= 11 is 0. The van der Waals surface area contributed by atoms with E-state index in [4.69, 9.17) is 4.74 Å². The van der Waals surface area contributed by atoms with E-state index in [9.17, 15) is 17.6 Å². The maximum Gasteiger partial charge on any atom is 0.262 e. The number of nitrogens with one attached hydrogen (secondary N) is 1. The first kappa shape index (κ1) is 17.7. The molecule has 0 aliphatic heterocycles. The highest BCUT2D eigenvalue weighted by atomic mass is 32.2. The third kappa shape index (κ3) is 4.95.